The molecule has 1 heterocycles. The van der Waals surface area contributed by atoms with Crippen LogP contribution in [-0.4, -0.2) is 9.78 Å². The third-order valence-electron chi connectivity index (χ3n) is 3.81. The van der Waals surface area contributed by atoms with E-state index in [0.29, 0.717) is 11.5 Å². The number of rotatable bonds is 3. The van der Waals surface area contributed by atoms with Crippen molar-refractivity contribution in [1.29, 1.82) is 0 Å². The van der Waals surface area contributed by atoms with E-state index in [4.69, 9.17) is 5.84 Å². The molecule has 14 heavy (non-hydrogen) atoms. The van der Waals surface area contributed by atoms with E-state index in [1.165, 1.54) is 24.8 Å². The molecule has 0 radical (unpaired) electrons. The molecule has 0 amide bonds. The number of nitrogens with one attached hydrogen (secondary N) is 1. The fourth-order valence-electron chi connectivity index (χ4n) is 2.63. The minimum absolute atomic E-state index is 0.311. The zero-order valence-corrected chi connectivity index (χ0v) is 8.40. The van der Waals surface area contributed by atoms with E-state index in [1.54, 1.807) is 0 Å². The largest absolute Gasteiger partial charge is 0.275 e. The first-order chi connectivity index (χ1) is 6.75. The van der Waals surface area contributed by atoms with Crippen molar-refractivity contribution in [2.24, 2.45) is 24.2 Å². The monoisotopic (exact) mass is 192 g/mol. The summed E-state index contributed by atoms with van der Waals surface area (Å²) in [7, 11) is 1.94. The van der Waals surface area contributed by atoms with Gasteiger partial charge in [0.2, 0.25) is 0 Å². The van der Waals surface area contributed by atoms with Crippen LogP contribution in [0.5, 0.6) is 0 Å². The van der Waals surface area contributed by atoms with E-state index in [2.05, 4.69) is 16.7 Å². The van der Waals surface area contributed by atoms with Crippen LogP contribution in [0.4, 0.5) is 0 Å². The Hall–Kier alpha value is -0.870. The van der Waals surface area contributed by atoms with Gasteiger partial charge < -0.3 is 0 Å². The van der Waals surface area contributed by atoms with Crippen LogP contribution in [-0.2, 0) is 7.05 Å². The number of nitrogens with zero attached hydrogens (tertiary/aromatic N) is 2. The second-order valence-electron chi connectivity index (χ2n) is 4.76. The molecule has 2 saturated carbocycles. The van der Waals surface area contributed by atoms with Crippen molar-refractivity contribution in [1.82, 2.24) is 15.2 Å². The van der Waals surface area contributed by atoms with Gasteiger partial charge in [0.25, 0.3) is 0 Å². The lowest BCUT2D eigenvalue weighted by atomic mass is 10.1. The highest BCUT2D eigenvalue weighted by atomic mass is 15.3. The SMILES string of the molecule is Cn1cc(C(NN)C2CC23CC3)cn1. The van der Waals surface area contributed by atoms with Crippen LogP contribution >= 0.6 is 0 Å². The second kappa shape index (κ2) is 2.58. The molecule has 2 aliphatic rings. The van der Waals surface area contributed by atoms with Gasteiger partial charge in [-0.3, -0.25) is 16.0 Å². The molecule has 0 bridgehead atoms. The highest BCUT2D eigenvalue weighted by Crippen LogP contribution is 2.73. The normalized spacial score (nSPS) is 29.1. The van der Waals surface area contributed by atoms with Crippen molar-refractivity contribution in [2.75, 3.05) is 0 Å². The van der Waals surface area contributed by atoms with Gasteiger partial charge in [-0.2, -0.15) is 5.10 Å². The minimum atomic E-state index is 0.311. The van der Waals surface area contributed by atoms with E-state index in [-0.39, 0.29) is 0 Å². The maximum absolute atomic E-state index is 5.62. The second-order valence-corrected chi connectivity index (χ2v) is 4.76. The predicted molar refractivity (Wildman–Crippen MR) is 53.0 cm³/mol. The topological polar surface area (TPSA) is 55.9 Å². The smallest absolute Gasteiger partial charge is 0.0538 e. The fourth-order valence-corrected chi connectivity index (χ4v) is 2.63. The van der Waals surface area contributed by atoms with Crippen LogP contribution < -0.4 is 11.3 Å². The average molecular weight is 192 g/mol. The average Bonchev–Trinajstić information content (AvgIpc) is 3.04. The highest BCUT2D eigenvalue weighted by molar-refractivity contribution is 5.23. The van der Waals surface area contributed by atoms with E-state index in [9.17, 15) is 0 Å². The van der Waals surface area contributed by atoms with Crippen molar-refractivity contribution in [2.45, 2.75) is 25.3 Å². The first-order valence-corrected chi connectivity index (χ1v) is 5.20. The third kappa shape index (κ3) is 1.11. The summed E-state index contributed by atoms with van der Waals surface area (Å²) in [5, 5.41) is 4.18. The summed E-state index contributed by atoms with van der Waals surface area (Å²) in [6.45, 7) is 0. The summed E-state index contributed by atoms with van der Waals surface area (Å²) in [6.07, 6.45) is 8.11. The first-order valence-electron chi connectivity index (χ1n) is 5.20. The highest BCUT2D eigenvalue weighted by Gasteiger charge is 2.65. The molecule has 1 spiro atoms. The molecule has 76 valence electrons. The van der Waals surface area contributed by atoms with Crippen LogP contribution in [0, 0.1) is 11.3 Å². The van der Waals surface area contributed by atoms with Gasteiger partial charge >= 0.3 is 0 Å². The maximum Gasteiger partial charge on any atom is 0.0538 e. The summed E-state index contributed by atoms with van der Waals surface area (Å²) < 4.78 is 1.83. The van der Waals surface area contributed by atoms with Crippen LogP contribution in [0.25, 0.3) is 0 Å². The van der Waals surface area contributed by atoms with Gasteiger partial charge in [-0.1, -0.05) is 0 Å². The van der Waals surface area contributed by atoms with Gasteiger partial charge in [0.15, 0.2) is 0 Å². The molecule has 1 aromatic heterocycles. The summed E-state index contributed by atoms with van der Waals surface area (Å²) >= 11 is 0. The van der Waals surface area contributed by atoms with Gasteiger partial charge in [-0.15, -0.1) is 0 Å². The summed E-state index contributed by atoms with van der Waals surface area (Å²) in [5.41, 5.74) is 4.84. The Morgan fingerprint density at radius 1 is 1.71 bits per heavy atom. The van der Waals surface area contributed by atoms with Crippen LogP contribution in [0.15, 0.2) is 12.4 Å². The van der Waals surface area contributed by atoms with E-state index < -0.39 is 0 Å². The lowest BCUT2D eigenvalue weighted by Crippen LogP contribution is -2.29. The van der Waals surface area contributed by atoms with E-state index in [0.717, 1.165) is 5.92 Å². The van der Waals surface area contributed by atoms with Crippen LogP contribution in [0.3, 0.4) is 0 Å². The maximum atomic E-state index is 5.62. The summed E-state index contributed by atoms with van der Waals surface area (Å²) in [5.74, 6) is 6.36. The van der Waals surface area contributed by atoms with Crippen molar-refractivity contribution in [3.63, 3.8) is 0 Å². The molecule has 2 unspecified atom stereocenters. The standard InChI is InChI=1S/C10H16N4/c1-14-6-7(5-12-14)9(13-11)8-4-10(8)2-3-10/h5-6,8-9,13H,2-4,11H2,1H3. The molecule has 3 rings (SSSR count). The molecule has 2 aliphatic carbocycles. The number of aryl methyl sites for hydroxylation is 1. The van der Waals surface area contributed by atoms with Gasteiger partial charge in [0.1, 0.15) is 0 Å². The van der Waals surface area contributed by atoms with Gasteiger partial charge in [-0.05, 0) is 30.6 Å². The number of hydrazine groups is 1. The fraction of sp³-hybridized carbons (Fsp3) is 0.700. The Kier molecular flexibility index (Phi) is 1.56. The quantitative estimate of drug-likeness (QED) is 0.548. The van der Waals surface area contributed by atoms with E-state index >= 15 is 0 Å². The molecule has 2 atom stereocenters. The lowest BCUT2D eigenvalue weighted by molar-refractivity contribution is 0.463. The Balaban J connectivity index is 1.81. The van der Waals surface area contributed by atoms with Crippen molar-refractivity contribution in [3.05, 3.63) is 18.0 Å². The number of hydrogen-bond donors (Lipinski definition) is 2. The molecular weight excluding hydrogens is 176 g/mol. The molecular formula is C10H16N4. The number of hydrogen-bond acceptors (Lipinski definition) is 3. The van der Waals surface area contributed by atoms with Crippen LogP contribution in [0.2, 0.25) is 0 Å². The molecule has 0 saturated heterocycles. The Morgan fingerprint density at radius 2 is 2.50 bits per heavy atom. The van der Waals surface area contributed by atoms with Gasteiger partial charge in [-0.25, -0.2) is 0 Å². The zero-order chi connectivity index (χ0) is 9.76. The molecule has 4 nitrogen and oxygen atoms in total. The van der Waals surface area contributed by atoms with Crippen LogP contribution in [0.1, 0.15) is 30.9 Å². The molecule has 3 N–H and O–H groups in total. The molecule has 0 aromatic carbocycles. The molecule has 4 heteroatoms. The Morgan fingerprint density at radius 3 is 2.93 bits per heavy atom. The van der Waals surface area contributed by atoms with Crippen molar-refractivity contribution in [3.8, 4) is 0 Å². The summed E-state index contributed by atoms with van der Waals surface area (Å²) in [4.78, 5) is 0. The molecule has 2 fully saturated rings. The van der Waals surface area contributed by atoms with Crippen molar-refractivity contribution >= 4 is 0 Å². The Bertz CT molecular complexity index is 353. The molecule has 1 aromatic rings. The molecule has 0 aliphatic heterocycles. The third-order valence-corrected chi connectivity index (χ3v) is 3.81. The lowest BCUT2D eigenvalue weighted by Gasteiger charge is -2.13. The van der Waals surface area contributed by atoms with Gasteiger partial charge in [0.05, 0.1) is 12.2 Å². The summed E-state index contributed by atoms with van der Waals surface area (Å²) in [6, 6.07) is 0.311. The van der Waals surface area contributed by atoms with Crippen molar-refractivity contribution < 1.29 is 0 Å². The van der Waals surface area contributed by atoms with Gasteiger partial charge in [0, 0.05) is 18.8 Å². The zero-order valence-electron chi connectivity index (χ0n) is 8.40. The first kappa shape index (κ1) is 8.44. The number of aromatic nitrogens is 2. The minimum Gasteiger partial charge on any atom is -0.275 e. The number of nitrogens with two attached hydrogens (primary N) is 1. The Labute approximate surface area is 83.4 Å². The predicted octanol–water partition coefficient (Wildman–Crippen LogP) is 0.725. The van der Waals surface area contributed by atoms with E-state index in [1.807, 2.05) is 17.9 Å².